The Morgan fingerprint density at radius 1 is 1.20 bits per heavy atom. The maximum Gasteiger partial charge on any atom is 0.418 e. The fourth-order valence-electron chi connectivity index (χ4n) is 5.66. The minimum absolute atomic E-state index is 0.0199. The van der Waals surface area contributed by atoms with Gasteiger partial charge in [0, 0.05) is 64.3 Å². The van der Waals surface area contributed by atoms with Crippen LogP contribution < -0.4 is 21.1 Å². The van der Waals surface area contributed by atoms with Gasteiger partial charge in [0.1, 0.15) is 24.0 Å². The molecule has 11 nitrogen and oxygen atoms in total. The van der Waals surface area contributed by atoms with Crippen LogP contribution in [0, 0.1) is 11.6 Å². The summed E-state index contributed by atoms with van der Waals surface area (Å²) in [5.74, 6) is -1.06. The first-order chi connectivity index (χ1) is 19.4. The van der Waals surface area contributed by atoms with E-state index in [0.29, 0.717) is 50.4 Å². The Hall–Kier alpha value is -3.84. The van der Waals surface area contributed by atoms with Gasteiger partial charge in [0.2, 0.25) is 0 Å². The number of hydrazine groups is 1. The number of aliphatic imine (C=N–C) groups is 1. The second-order valence-corrected chi connectivity index (χ2v) is 10.1. The van der Waals surface area contributed by atoms with Crippen LogP contribution in [-0.2, 0) is 15.1 Å². The van der Waals surface area contributed by atoms with E-state index in [1.807, 2.05) is 6.07 Å². The molecule has 0 bridgehead atoms. The molecular weight excluding hydrogens is 524 g/mol. The number of nitrogens with zero attached hydrogens (tertiary/aromatic N) is 4. The number of fused-ring (bicyclic) bond motifs is 2. The molecule has 3 N–H and O–H groups in total. The molecule has 1 fully saturated rings. The predicted octanol–water partition coefficient (Wildman–Crippen LogP) is 2.99. The molecule has 1 aromatic heterocycles. The molecule has 1 aromatic carbocycles. The molecule has 0 radical (unpaired) electrons. The lowest BCUT2D eigenvalue weighted by molar-refractivity contribution is -0.0379. The summed E-state index contributed by atoms with van der Waals surface area (Å²) >= 11 is 0. The van der Waals surface area contributed by atoms with E-state index >= 15 is 0 Å². The number of pyridine rings is 1. The molecule has 40 heavy (non-hydrogen) atoms. The summed E-state index contributed by atoms with van der Waals surface area (Å²) in [4.78, 5) is 38.2. The number of carbonyl (C=O) groups is 2. The third-order valence-electron chi connectivity index (χ3n) is 7.74. The van der Waals surface area contributed by atoms with Gasteiger partial charge in [0.15, 0.2) is 11.6 Å². The fourth-order valence-corrected chi connectivity index (χ4v) is 5.66. The van der Waals surface area contributed by atoms with Crippen molar-refractivity contribution in [3.8, 4) is 0 Å². The van der Waals surface area contributed by atoms with Crippen LogP contribution in [0.2, 0.25) is 0 Å². The number of amidine groups is 1. The highest BCUT2D eigenvalue weighted by Gasteiger charge is 2.48. The fraction of sp³-hybridized carbons (Fsp3) is 0.481. The number of hydrogen-bond donors (Lipinski definition) is 3. The number of urea groups is 1. The first-order valence-electron chi connectivity index (χ1n) is 13.3. The molecule has 1 saturated heterocycles. The van der Waals surface area contributed by atoms with E-state index in [-0.39, 0.29) is 30.8 Å². The zero-order valence-electron chi connectivity index (χ0n) is 22.5. The number of rotatable bonds is 5. The Labute approximate surface area is 230 Å². The van der Waals surface area contributed by atoms with E-state index in [4.69, 9.17) is 9.47 Å². The van der Waals surface area contributed by atoms with Crippen LogP contribution in [0.15, 0.2) is 41.5 Å². The monoisotopic (exact) mass is 557 g/mol. The van der Waals surface area contributed by atoms with Crippen LogP contribution in [0.3, 0.4) is 0 Å². The third-order valence-corrected chi connectivity index (χ3v) is 7.74. The van der Waals surface area contributed by atoms with Crippen molar-refractivity contribution in [3.63, 3.8) is 0 Å². The Bertz CT molecular complexity index is 1290. The Morgan fingerprint density at radius 3 is 2.75 bits per heavy atom. The van der Waals surface area contributed by atoms with E-state index in [2.05, 4.69) is 26.1 Å². The van der Waals surface area contributed by atoms with E-state index in [0.717, 1.165) is 11.6 Å². The van der Waals surface area contributed by atoms with Gasteiger partial charge in [-0.2, -0.15) is 0 Å². The molecule has 2 aromatic rings. The molecule has 5 rings (SSSR count). The Morgan fingerprint density at radius 2 is 2.00 bits per heavy atom. The Balaban J connectivity index is 1.26. The molecule has 3 aliphatic heterocycles. The number of benzene rings is 1. The van der Waals surface area contributed by atoms with E-state index in [1.165, 1.54) is 18.1 Å². The number of ether oxygens (including phenoxy) is 2. The standard InChI is InChI=1S/C27H33F2N7O4/c1-30-34-23-21(9-8-17(15-32-23)18-5-3-7-20(28)22(18)29)33-25(37)35-13-10-27(11-14-35)19-6-4-12-31-24(19)36(16-39-2)26(38)40-27/h3-7,12,17,21,30H,8-11,13-16H2,1-2H3,(H,32,34)(H,33,37)/t17-,21-/m1/s1. The number of nitrogens with one attached hydrogen (secondary N) is 3. The van der Waals surface area contributed by atoms with Crippen molar-refractivity contribution in [2.75, 3.05) is 45.4 Å². The van der Waals surface area contributed by atoms with Crippen molar-refractivity contribution >= 4 is 23.8 Å². The second-order valence-electron chi connectivity index (χ2n) is 10.1. The van der Waals surface area contributed by atoms with Gasteiger partial charge >= 0.3 is 12.1 Å². The summed E-state index contributed by atoms with van der Waals surface area (Å²) in [6.45, 7) is 0.981. The van der Waals surface area contributed by atoms with Crippen LogP contribution in [0.5, 0.6) is 0 Å². The van der Waals surface area contributed by atoms with Crippen LogP contribution in [0.1, 0.15) is 42.7 Å². The summed E-state index contributed by atoms with van der Waals surface area (Å²) in [7, 11) is 3.18. The number of amides is 3. The van der Waals surface area contributed by atoms with Crippen molar-refractivity contribution in [2.45, 2.75) is 43.2 Å². The molecule has 4 heterocycles. The van der Waals surface area contributed by atoms with E-state index in [9.17, 15) is 18.4 Å². The SMILES string of the molecule is CNNC1=NC[C@H](c2cccc(F)c2F)CC[C@H]1NC(=O)N1CCC2(CC1)OC(=O)N(COC)c1ncccc12. The van der Waals surface area contributed by atoms with Crippen molar-refractivity contribution in [2.24, 2.45) is 4.99 Å². The van der Waals surface area contributed by atoms with Crippen molar-refractivity contribution < 1.29 is 27.8 Å². The molecule has 2 atom stereocenters. The molecule has 0 unspecified atom stereocenters. The Kier molecular flexibility index (Phi) is 8.12. The number of carbonyl (C=O) groups excluding carboxylic acids is 2. The van der Waals surface area contributed by atoms with Gasteiger partial charge in [-0.3, -0.25) is 4.99 Å². The minimum Gasteiger partial charge on any atom is -0.437 e. The maximum absolute atomic E-state index is 14.5. The number of hydrogen-bond acceptors (Lipinski definition) is 8. The zero-order valence-corrected chi connectivity index (χ0v) is 22.5. The molecule has 0 saturated carbocycles. The number of halogens is 2. The summed E-state index contributed by atoms with van der Waals surface area (Å²) in [6, 6.07) is 7.11. The van der Waals surface area contributed by atoms with Crippen molar-refractivity contribution in [1.82, 2.24) is 26.1 Å². The number of piperidine rings is 1. The van der Waals surface area contributed by atoms with Gasteiger partial charge in [-0.1, -0.05) is 12.1 Å². The van der Waals surface area contributed by atoms with Crippen molar-refractivity contribution in [1.29, 1.82) is 0 Å². The summed E-state index contributed by atoms with van der Waals surface area (Å²) in [5.41, 5.74) is 6.01. The number of anilines is 1. The maximum atomic E-state index is 14.5. The van der Waals surface area contributed by atoms with Crippen LogP contribution in [-0.4, -0.2) is 74.4 Å². The van der Waals surface area contributed by atoms with Gasteiger partial charge in [-0.05, 0) is 36.6 Å². The minimum atomic E-state index is -0.888. The van der Waals surface area contributed by atoms with Gasteiger partial charge in [0.05, 0.1) is 6.04 Å². The lowest BCUT2D eigenvalue weighted by Gasteiger charge is -2.46. The van der Waals surface area contributed by atoms with E-state index < -0.39 is 29.4 Å². The topological polar surface area (TPSA) is 120 Å². The molecule has 0 aliphatic carbocycles. The highest BCUT2D eigenvalue weighted by atomic mass is 19.2. The normalized spacial score (nSPS) is 22.2. The molecule has 3 aliphatic rings. The zero-order chi connectivity index (χ0) is 28.3. The smallest absolute Gasteiger partial charge is 0.418 e. The van der Waals surface area contributed by atoms with Gasteiger partial charge in [-0.15, -0.1) is 0 Å². The molecule has 3 amide bonds. The number of methoxy groups -OCH3 is 1. The highest BCUT2D eigenvalue weighted by molar-refractivity contribution is 5.91. The lowest BCUT2D eigenvalue weighted by Crippen LogP contribution is -2.57. The molecule has 1 spiro atoms. The summed E-state index contributed by atoms with van der Waals surface area (Å²) in [5, 5.41) is 3.05. The highest BCUT2D eigenvalue weighted by Crippen LogP contribution is 2.44. The van der Waals surface area contributed by atoms with Gasteiger partial charge in [0.25, 0.3) is 0 Å². The average Bonchev–Trinajstić information content (AvgIpc) is 3.15. The van der Waals surface area contributed by atoms with Crippen LogP contribution in [0.4, 0.5) is 24.2 Å². The predicted molar refractivity (Wildman–Crippen MR) is 143 cm³/mol. The third kappa shape index (κ3) is 5.30. The summed E-state index contributed by atoms with van der Waals surface area (Å²) in [6.07, 6.45) is 2.88. The van der Waals surface area contributed by atoms with Crippen LogP contribution >= 0.6 is 0 Å². The quantitative estimate of drug-likeness (QED) is 0.484. The number of aromatic nitrogens is 1. The molecule has 13 heteroatoms. The van der Waals surface area contributed by atoms with Gasteiger partial charge < -0.3 is 25.1 Å². The van der Waals surface area contributed by atoms with Gasteiger partial charge in [-0.25, -0.2) is 33.7 Å². The average molecular weight is 558 g/mol. The first kappa shape index (κ1) is 27.7. The molecule has 214 valence electrons. The van der Waals surface area contributed by atoms with Crippen LogP contribution in [0.25, 0.3) is 0 Å². The lowest BCUT2D eigenvalue weighted by atomic mass is 9.83. The first-order valence-corrected chi connectivity index (χ1v) is 13.3. The number of likely N-dealkylation sites (tertiary alicyclic amines) is 1. The van der Waals surface area contributed by atoms with E-state index in [1.54, 1.807) is 30.3 Å². The molecular formula is C27H33F2N7O4. The van der Waals surface area contributed by atoms with Crippen molar-refractivity contribution in [3.05, 3.63) is 59.3 Å². The largest absolute Gasteiger partial charge is 0.437 e. The second kappa shape index (κ2) is 11.7. The summed E-state index contributed by atoms with van der Waals surface area (Å²) < 4.78 is 39.4.